The van der Waals surface area contributed by atoms with Crippen LogP contribution in [0.3, 0.4) is 0 Å². The Labute approximate surface area is 143 Å². The number of carboxylic acid groups (broad SMARTS) is 1. The zero-order valence-electron chi connectivity index (χ0n) is 13.3. The van der Waals surface area contributed by atoms with E-state index in [1.807, 2.05) is 6.07 Å². The molecule has 1 aromatic carbocycles. The molecule has 0 aliphatic carbocycles. The highest BCUT2D eigenvalue weighted by Crippen LogP contribution is 2.50. The number of amides is 2. The van der Waals surface area contributed by atoms with Crippen molar-refractivity contribution in [2.45, 2.75) is 42.1 Å². The number of carbonyl (C=O) groups is 3. The number of β-lactam (4-membered cyclic amide) rings is 1. The predicted octanol–water partition coefficient (Wildman–Crippen LogP) is 0.318. The summed E-state index contributed by atoms with van der Waals surface area (Å²) in [6.45, 7) is 3.58. The molecule has 2 fully saturated rings. The second kappa shape index (κ2) is 5.78. The normalized spacial score (nSPS) is 28.7. The van der Waals surface area contributed by atoms with Crippen molar-refractivity contribution in [2.75, 3.05) is 0 Å². The highest BCUT2D eigenvalue weighted by Gasteiger charge is 2.64. The molecule has 0 spiro atoms. The lowest BCUT2D eigenvalue weighted by Gasteiger charge is -2.43. The number of nitrogens with zero attached hydrogens (tertiary/aromatic N) is 1. The smallest absolute Gasteiger partial charge is 0.327 e. The van der Waals surface area contributed by atoms with Crippen molar-refractivity contribution in [3.05, 3.63) is 35.9 Å². The molecular weight excluding hydrogens is 330 g/mol. The topological polar surface area (TPSA) is 113 Å². The lowest BCUT2D eigenvalue weighted by molar-refractivity contribution is -0.161. The summed E-state index contributed by atoms with van der Waals surface area (Å²) in [6, 6.07) is 6.38. The third kappa shape index (κ3) is 2.55. The van der Waals surface area contributed by atoms with Crippen molar-refractivity contribution < 1.29 is 19.5 Å². The van der Waals surface area contributed by atoms with E-state index in [4.69, 9.17) is 5.73 Å². The number of benzene rings is 1. The number of rotatable bonds is 4. The summed E-state index contributed by atoms with van der Waals surface area (Å²) >= 11 is 1.38. The summed E-state index contributed by atoms with van der Waals surface area (Å²) in [7, 11) is 0. The van der Waals surface area contributed by atoms with Crippen molar-refractivity contribution in [3.8, 4) is 0 Å². The number of nitrogens with two attached hydrogens (primary N) is 1. The molecule has 2 heterocycles. The number of thioether (sulfide) groups is 1. The first kappa shape index (κ1) is 16.8. The van der Waals surface area contributed by atoms with Crippen LogP contribution in [0.15, 0.2) is 30.3 Å². The minimum atomic E-state index is -1.03. The van der Waals surface area contributed by atoms with Gasteiger partial charge in [-0.15, -0.1) is 11.8 Å². The fourth-order valence-corrected chi connectivity index (χ4v) is 4.83. The molecule has 4 atom stereocenters. The van der Waals surface area contributed by atoms with Crippen LogP contribution in [0.4, 0.5) is 0 Å². The van der Waals surface area contributed by atoms with Crippen LogP contribution < -0.4 is 11.1 Å². The van der Waals surface area contributed by atoms with Gasteiger partial charge in [0.25, 0.3) is 0 Å². The molecular formula is C16H19N3O4S. The van der Waals surface area contributed by atoms with Gasteiger partial charge in [0.15, 0.2) is 0 Å². The second-order valence-electron chi connectivity index (χ2n) is 6.47. The van der Waals surface area contributed by atoms with E-state index in [1.165, 1.54) is 16.7 Å². The van der Waals surface area contributed by atoms with Crippen LogP contribution in [0.1, 0.15) is 25.5 Å². The maximum Gasteiger partial charge on any atom is 0.327 e. The first-order chi connectivity index (χ1) is 11.2. The van der Waals surface area contributed by atoms with Crippen molar-refractivity contribution in [1.29, 1.82) is 0 Å². The molecule has 8 heteroatoms. The minimum Gasteiger partial charge on any atom is -0.480 e. The van der Waals surface area contributed by atoms with Crippen molar-refractivity contribution in [2.24, 2.45) is 5.73 Å². The van der Waals surface area contributed by atoms with Crippen LogP contribution in [-0.2, 0) is 14.4 Å². The van der Waals surface area contributed by atoms with E-state index in [2.05, 4.69) is 5.32 Å². The molecule has 2 aliphatic rings. The molecule has 1 aromatic rings. The average Bonchev–Trinajstić information content (AvgIpc) is 2.80. The Bertz CT molecular complexity index is 694. The van der Waals surface area contributed by atoms with Gasteiger partial charge in [-0.2, -0.15) is 0 Å². The van der Waals surface area contributed by atoms with Gasteiger partial charge in [-0.05, 0) is 19.4 Å². The quantitative estimate of drug-likeness (QED) is 0.675. The Morgan fingerprint density at radius 2 is 1.96 bits per heavy atom. The van der Waals surface area contributed by atoms with Crippen molar-refractivity contribution in [1.82, 2.24) is 10.2 Å². The molecule has 2 aliphatic heterocycles. The summed E-state index contributed by atoms with van der Waals surface area (Å²) in [4.78, 5) is 37.5. The van der Waals surface area contributed by atoms with Gasteiger partial charge in [-0.3, -0.25) is 9.59 Å². The van der Waals surface area contributed by atoms with E-state index in [-0.39, 0.29) is 11.3 Å². The molecule has 7 nitrogen and oxygen atoms in total. The third-order valence-corrected chi connectivity index (χ3v) is 5.99. The number of fused-ring (bicyclic) bond motifs is 1. The largest absolute Gasteiger partial charge is 0.480 e. The summed E-state index contributed by atoms with van der Waals surface area (Å²) in [5.41, 5.74) is 6.59. The zero-order chi connectivity index (χ0) is 17.6. The monoisotopic (exact) mass is 349 g/mol. The fraction of sp³-hybridized carbons (Fsp3) is 0.438. The minimum absolute atomic E-state index is 0.375. The maximum absolute atomic E-state index is 12.3. The summed E-state index contributed by atoms with van der Waals surface area (Å²) < 4.78 is -0.618. The summed E-state index contributed by atoms with van der Waals surface area (Å²) in [5.74, 6) is -1.86. The summed E-state index contributed by atoms with van der Waals surface area (Å²) in [5, 5.41) is 11.7. The lowest BCUT2D eigenvalue weighted by Crippen LogP contribution is -2.71. The van der Waals surface area contributed by atoms with Crippen LogP contribution in [0, 0.1) is 0 Å². The van der Waals surface area contributed by atoms with Gasteiger partial charge in [-0.1, -0.05) is 30.3 Å². The Kier molecular flexibility index (Phi) is 4.05. The molecule has 0 bridgehead atoms. The Hall–Kier alpha value is -2.06. The standard InChI is InChI=1S/C16H19N3O4S/c1-16(2)11(15(22)23)19-13(21)10(14(19)24-16)18-12(20)9(17)8-6-4-3-5-7-8/h3-7,9-11,14H,17H2,1-2H3,(H,18,20)(H,22,23)/t9?,10-,11+,14-/m1/s1. The number of hydrogen-bond donors (Lipinski definition) is 3. The van der Waals surface area contributed by atoms with Crippen LogP contribution in [0.5, 0.6) is 0 Å². The Balaban J connectivity index is 1.71. The van der Waals surface area contributed by atoms with Gasteiger partial charge < -0.3 is 21.1 Å². The van der Waals surface area contributed by atoms with Gasteiger partial charge in [0.2, 0.25) is 11.8 Å². The van der Waals surface area contributed by atoms with Crippen LogP contribution >= 0.6 is 11.8 Å². The first-order valence-corrected chi connectivity index (χ1v) is 8.45. The molecule has 0 aromatic heterocycles. The molecule has 0 saturated carbocycles. The van der Waals surface area contributed by atoms with E-state index in [1.54, 1.807) is 38.1 Å². The Morgan fingerprint density at radius 1 is 1.33 bits per heavy atom. The average molecular weight is 349 g/mol. The van der Waals surface area contributed by atoms with Crippen LogP contribution in [0.25, 0.3) is 0 Å². The van der Waals surface area contributed by atoms with Crippen LogP contribution in [0.2, 0.25) is 0 Å². The van der Waals surface area contributed by atoms with Gasteiger partial charge in [0.1, 0.15) is 23.5 Å². The summed E-state index contributed by atoms with van der Waals surface area (Å²) in [6.07, 6.45) is 0. The number of carbonyl (C=O) groups excluding carboxylic acids is 2. The molecule has 0 radical (unpaired) electrons. The van der Waals surface area contributed by atoms with E-state index in [0.29, 0.717) is 5.56 Å². The number of carboxylic acids is 1. The van der Waals surface area contributed by atoms with E-state index in [9.17, 15) is 19.5 Å². The molecule has 2 amide bonds. The highest BCUT2D eigenvalue weighted by molar-refractivity contribution is 8.01. The molecule has 24 heavy (non-hydrogen) atoms. The maximum atomic E-state index is 12.3. The highest BCUT2D eigenvalue weighted by atomic mass is 32.2. The van der Waals surface area contributed by atoms with E-state index < -0.39 is 34.7 Å². The van der Waals surface area contributed by atoms with Gasteiger partial charge in [-0.25, -0.2) is 4.79 Å². The molecule has 128 valence electrons. The molecule has 3 rings (SSSR count). The van der Waals surface area contributed by atoms with Crippen LogP contribution in [-0.4, -0.2) is 50.0 Å². The lowest BCUT2D eigenvalue weighted by atomic mass is 9.95. The molecule has 4 N–H and O–H groups in total. The number of aliphatic carboxylic acids is 1. The van der Waals surface area contributed by atoms with E-state index >= 15 is 0 Å². The fourth-order valence-electron chi connectivity index (χ4n) is 3.20. The SMILES string of the molecule is CC1(C)S[C@@H]2[C@H](NC(=O)C(N)c3ccccc3)C(=O)N2[C@H]1C(=O)O. The zero-order valence-corrected chi connectivity index (χ0v) is 14.1. The van der Waals surface area contributed by atoms with Crippen molar-refractivity contribution >= 4 is 29.5 Å². The third-order valence-electron chi connectivity index (χ3n) is 4.41. The molecule has 1 unspecified atom stereocenters. The number of nitrogens with one attached hydrogen (secondary N) is 1. The van der Waals surface area contributed by atoms with Gasteiger partial charge >= 0.3 is 5.97 Å². The predicted molar refractivity (Wildman–Crippen MR) is 89.0 cm³/mol. The molecule has 2 saturated heterocycles. The Morgan fingerprint density at radius 3 is 2.54 bits per heavy atom. The van der Waals surface area contributed by atoms with Gasteiger partial charge in [0.05, 0.1) is 0 Å². The van der Waals surface area contributed by atoms with Gasteiger partial charge in [0, 0.05) is 4.75 Å². The first-order valence-electron chi connectivity index (χ1n) is 7.58. The van der Waals surface area contributed by atoms with Crippen molar-refractivity contribution in [3.63, 3.8) is 0 Å². The van der Waals surface area contributed by atoms with E-state index in [0.717, 1.165) is 0 Å². The number of hydrogen-bond acceptors (Lipinski definition) is 5. The second-order valence-corrected chi connectivity index (χ2v) is 8.24.